The van der Waals surface area contributed by atoms with E-state index in [1.807, 2.05) is 37.8 Å². The molecule has 1 saturated carbocycles. The number of benzene rings is 2. The molecule has 2 aromatic carbocycles. The molecule has 5 rings (SSSR count). The van der Waals surface area contributed by atoms with Crippen LogP contribution in [0.2, 0.25) is 0 Å². The number of alkyl halides is 4. The van der Waals surface area contributed by atoms with Crippen LogP contribution in [0.1, 0.15) is 93.4 Å². The Morgan fingerprint density at radius 2 is 1.59 bits per heavy atom. The molecule has 41 heavy (non-hydrogen) atoms. The quantitative estimate of drug-likeness (QED) is 0.346. The van der Waals surface area contributed by atoms with Crippen LogP contribution in [0.3, 0.4) is 0 Å². The Kier molecular flexibility index (Phi) is 7.94. The normalized spacial score (nSPS) is 28.0. The van der Waals surface area contributed by atoms with Crippen LogP contribution in [0.5, 0.6) is 5.75 Å². The largest absolute Gasteiger partial charge is 0.497 e. The van der Waals surface area contributed by atoms with Gasteiger partial charge in [-0.3, -0.25) is 9.69 Å². The minimum Gasteiger partial charge on any atom is -0.497 e. The molecule has 0 unspecified atom stereocenters. The summed E-state index contributed by atoms with van der Waals surface area (Å²) in [7, 11) is 1.58. The highest BCUT2D eigenvalue weighted by molar-refractivity contribution is 5.87. The van der Waals surface area contributed by atoms with Gasteiger partial charge in [-0.1, -0.05) is 25.1 Å². The average Bonchev–Trinajstić information content (AvgIpc) is 3.29. The molecular weight excluding hydrogens is 532 g/mol. The Morgan fingerprint density at radius 3 is 2.12 bits per heavy atom. The third-order valence-corrected chi connectivity index (χ3v) is 9.65. The third kappa shape index (κ3) is 5.86. The van der Waals surface area contributed by atoms with Crippen molar-refractivity contribution in [3.05, 3.63) is 64.7 Å². The van der Waals surface area contributed by atoms with E-state index in [9.17, 15) is 18.0 Å². The first-order valence-electron chi connectivity index (χ1n) is 14.8. The van der Waals surface area contributed by atoms with Crippen molar-refractivity contribution in [2.45, 2.75) is 88.5 Å². The summed E-state index contributed by atoms with van der Waals surface area (Å²) in [5.41, 5.74) is -0.432. The molecule has 3 aliphatic rings. The molecule has 2 atom stereocenters. The predicted octanol–water partition coefficient (Wildman–Crippen LogP) is 7.54. The van der Waals surface area contributed by atoms with E-state index in [1.165, 1.54) is 12.1 Å². The Hall–Kier alpha value is -2.61. The van der Waals surface area contributed by atoms with Crippen molar-refractivity contribution in [2.24, 2.45) is 5.92 Å². The van der Waals surface area contributed by atoms with Crippen LogP contribution in [-0.4, -0.2) is 60.2 Å². The van der Waals surface area contributed by atoms with Crippen LogP contribution in [-0.2, 0) is 11.0 Å². The van der Waals surface area contributed by atoms with Crippen LogP contribution in [0.15, 0.2) is 42.5 Å². The molecule has 1 amide bonds. The molecule has 2 heterocycles. The average molecular weight is 575 g/mol. The molecular formula is C33H42F4N2O2. The molecule has 2 saturated heterocycles. The Labute approximate surface area is 241 Å². The summed E-state index contributed by atoms with van der Waals surface area (Å²) in [5.74, 6) is 0.290. The van der Waals surface area contributed by atoms with Crippen molar-refractivity contribution >= 4 is 5.91 Å². The lowest BCUT2D eigenvalue weighted by Gasteiger charge is -2.40. The van der Waals surface area contributed by atoms with E-state index in [4.69, 9.17) is 4.74 Å². The zero-order valence-electron chi connectivity index (χ0n) is 24.7. The van der Waals surface area contributed by atoms with Crippen LogP contribution >= 0.6 is 0 Å². The van der Waals surface area contributed by atoms with Crippen LogP contribution < -0.4 is 4.74 Å². The van der Waals surface area contributed by atoms with Gasteiger partial charge in [-0.15, -0.1) is 0 Å². The lowest BCUT2D eigenvalue weighted by atomic mass is 9.69. The lowest BCUT2D eigenvalue weighted by molar-refractivity contribution is -0.145. The maximum Gasteiger partial charge on any atom is 0.416 e. The fourth-order valence-electron chi connectivity index (χ4n) is 7.04. The minimum atomic E-state index is -4.38. The maximum atomic E-state index is 17.1. The number of hydrogen-bond acceptors (Lipinski definition) is 3. The predicted molar refractivity (Wildman–Crippen MR) is 152 cm³/mol. The van der Waals surface area contributed by atoms with E-state index in [-0.39, 0.29) is 23.9 Å². The molecule has 224 valence electrons. The van der Waals surface area contributed by atoms with Crippen LogP contribution in [0.4, 0.5) is 17.6 Å². The van der Waals surface area contributed by atoms with E-state index in [2.05, 4.69) is 6.92 Å². The number of rotatable bonds is 5. The number of nitrogens with zero attached hydrogens (tertiary/aromatic N) is 2. The van der Waals surface area contributed by atoms with Gasteiger partial charge in [0.05, 0.1) is 12.7 Å². The van der Waals surface area contributed by atoms with Gasteiger partial charge in [-0.05, 0) is 105 Å². The summed E-state index contributed by atoms with van der Waals surface area (Å²) in [5, 5.41) is 0. The topological polar surface area (TPSA) is 32.8 Å². The first kappa shape index (κ1) is 29.9. The second-order valence-electron chi connectivity index (χ2n) is 13.4. The minimum absolute atomic E-state index is 0.0227. The summed E-state index contributed by atoms with van der Waals surface area (Å²) < 4.78 is 62.9. The van der Waals surface area contributed by atoms with Crippen molar-refractivity contribution in [3.63, 3.8) is 0 Å². The first-order chi connectivity index (χ1) is 19.2. The molecule has 0 N–H and O–H groups in total. The summed E-state index contributed by atoms with van der Waals surface area (Å²) in [6.07, 6.45) is -1.37. The van der Waals surface area contributed by atoms with E-state index in [0.717, 1.165) is 29.5 Å². The van der Waals surface area contributed by atoms with E-state index in [0.29, 0.717) is 44.1 Å². The number of hydrogen-bond donors (Lipinski definition) is 0. The smallest absolute Gasteiger partial charge is 0.416 e. The number of carbonyl (C=O) groups is 1. The number of halogens is 4. The van der Waals surface area contributed by atoms with Gasteiger partial charge in [0.1, 0.15) is 5.75 Å². The lowest BCUT2D eigenvalue weighted by Crippen LogP contribution is -2.53. The Balaban J connectivity index is 1.35. The van der Waals surface area contributed by atoms with Crippen LogP contribution in [0.25, 0.3) is 0 Å². The molecule has 0 spiro atoms. The van der Waals surface area contributed by atoms with Gasteiger partial charge in [-0.25, -0.2) is 4.39 Å². The third-order valence-electron chi connectivity index (χ3n) is 9.65. The molecule has 2 aliphatic heterocycles. The highest BCUT2D eigenvalue weighted by Gasteiger charge is 2.57. The molecule has 0 radical (unpaired) electrons. The highest BCUT2D eigenvalue weighted by Crippen LogP contribution is 2.48. The molecule has 1 aliphatic carbocycles. The number of amides is 1. The second-order valence-corrected chi connectivity index (χ2v) is 13.4. The SMILES string of the molecule is COc1ccc([C@@H]2CN(C(C)(C)C)C[C@@]2(F)C(=O)N2CCC(c3ccc(C(F)(F)F)cc3C3CC(C)C3)CC2)cc1. The van der Waals surface area contributed by atoms with Crippen molar-refractivity contribution in [1.29, 1.82) is 0 Å². The molecule has 3 fully saturated rings. The molecule has 4 nitrogen and oxygen atoms in total. The summed E-state index contributed by atoms with van der Waals surface area (Å²) in [6.45, 7) is 9.46. The van der Waals surface area contributed by atoms with Crippen molar-refractivity contribution < 1.29 is 27.1 Å². The van der Waals surface area contributed by atoms with Gasteiger partial charge in [0, 0.05) is 37.6 Å². The van der Waals surface area contributed by atoms with Gasteiger partial charge >= 0.3 is 6.18 Å². The number of carbonyl (C=O) groups excluding carboxylic acids is 1. The molecule has 2 aromatic rings. The second kappa shape index (κ2) is 10.9. The molecule has 0 bridgehead atoms. The zero-order valence-corrected chi connectivity index (χ0v) is 24.7. The summed E-state index contributed by atoms with van der Waals surface area (Å²) in [4.78, 5) is 17.6. The van der Waals surface area contributed by atoms with Gasteiger partial charge < -0.3 is 9.64 Å². The molecule has 0 aromatic heterocycles. The maximum absolute atomic E-state index is 17.1. The van der Waals surface area contributed by atoms with Crippen LogP contribution in [0, 0.1) is 5.92 Å². The monoisotopic (exact) mass is 574 g/mol. The Bertz CT molecular complexity index is 1240. The van der Waals surface area contributed by atoms with E-state index < -0.39 is 29.2 Å². The number of ether oxygens (including phenoxy) is 1. The van der Waals surface area contributed by atoms with Gasteiger partial charge in [0.25, 0.3) is 5.91 Å². The highest BCUT2D eigenvalue weighted by atomic mass is 19.4. The number of likely N-dealkylation sites (tertiary alicyclic amines) is 2. The summed E-state index contributed by atoms with van der Waals surface area (Å²) >= 11 is 0. The van der Waals surface area contributed by atoms with Gasteiger partial charge in [0.15, 0.2) is 0 Å². The number of methoxy groups -OCH3 is 1. The van der Waals surface area contributed by atoms with Crippen molar-refractivity contribution in [3.8, 4) is 5.75 Å². The zero-order chi connectivity index (χ0) is 29.7. The number of piperidine rings is 1. The molecule has 8 heteroatoms. The van der Waals surface area contributed by atoms with E-state index >= 15 is 4.39 Å². The van der Waals surface area contributed by atoms with Gasteiger partial charge in [0.2, 0.25) is 5.67 Å². The van der Waals surface area contributed by atoms with Gasteiger partial charge in [-0.2, -0.15) is 13.2 Å². The standard InChI is InChI=1S/C33H42F4N2O2/c1-21-16-24(17-21)28-18-25(33(35,36)37)8-11-27(28)22-12-14-38(15-13-22)30(40)32(34)20-39(31(2,3)4)19-29(32)23-6-9-26(41-5)10-7-23/h6-11,18,21-22,24,29H,12-17,19-20H2,1-5H3/t21?,24?,29-,32-/m0/s1. The van der Waals surface area contributed by atoms with E-state index in [1.54, 1.807) is 30.2 Å². The fourth-order valence-corrected chi connectivity index (χ4v) is 7.04. The first-order valence-corrected chi connectivity index (χ1v) is 14.8. The fraction of sp³-hybridized carbons (Fsp3) is 0.606. The van der Waals surface area contributed by atoms with Crippen molar-refractivity contribution in [1.82, 2.24) is 9.80 Å². The summed E-state index contributed by atoms with van der Waals surface area (Å²) in [6, 6.07) is 11.5. The Morgan fingerprint density at radius 1 is 0.951 bits per heavy atom. The van der Waals surface area contributed by atoms with Crippen molar-refractivity contribution in [2.75, 3.05) is 33.3 Å².